The minimum Gasteiger partial charge on any atom is -0.506 e. The van der Waals surface area contributed by atoms with Gasteiger partial charge in [0.2, 0.25) is 0 Å². The summed E-state index contributed by atoms with van der Waals surface area (Å²) in [5, 5.41) is 9.03. The van der Waals surface area contributed by atoms with E-state index in [2.05, 4.69) is 4.98 Å². The minimum absolute atomic E-state index is 0.0771. The number of hydrogen-bond acceptors (Lipinski definition) is 4. The molecule has 0 aliphatic rings. The lowest BCUT2D eigenvalue weighted by Gasteiger charge is -1.95. The van der Waals surface area contributed by atoms with Gasteiger partial charge in [-0.2, -0.15) is 0 Å². The summed E-state index contributed by atoms with van der Waals surface area (Å²) in [6.45, 7) is 0. The van der Waals surface area contributed by atoms with Crippen LogP contribution in [0.1, 0.15) is 5.69 Å². The molecule has 11 heavy (non-hydrogen) atoms. The lowest BCUT2D eigenvalue weighted by molar-refractivity contribution is 0.466. The Morgan fingerprint density at radius 2 is 2.27 bits per heavy atom. The van der Waals surface area contributed by atoms with Crippen LogP contribution in [0.5, 0.6) is 5.75 Å². The van der Waals surface area contributed by atoms with Crippen molar-refractivity contribution in [3.63, 3.8) is 0 Å². The summed E-state index contributed by atoms with van der Waals surface area (Å²) in [7, 11) is -2.52. The molecule has 0 aromatic carbocycles. The number of thiol groups is 1. The molecule has 1 rings (SSSR count). The van der Waals surface area contributed by atoms with Crippen molar-refractivity contribution in [2.24, 2.45) is 0 Å². The molecule has 0 spiro atoms. The van der Waals surface area contributed by atoms with Gasteiger partial charge in [-0.15, -0.1) is 0 Å². The normalized spacial score (nSPS) is 10.3. The molecule has 0 bridgehead atoms. The second-order valence-electron chi connectivity index (χ2n) is 1.96. The number of aromatic hydroxyl groups is 1. The molecule has 1 heterocycles. The zero-order valence-corrected chi connectivity index (χ0v) is 6.49. The molecule has 0 saturated heterocycles. The Morgan fingerprint density at radius 3 is 2.82 bits per heavy atom. The summed E-state index contributed by atoms with van der Waals surface area (Å²) in [5.41, 5.74) is 0.198. The highest BCUT2D eigenvalue weighted by Crippen LogP contribution is 2.12. The Bertz CT molecular complexity index is 313. The number of hydrogen-bond donors (Lipinski definition) is 2. The average Bonchev–Trinajstić information content (AvgIpc) is 1.93. The first-order valence-electron chi connectivity index (χ1n) is 2.95. The highest BCUT2D eigenvalue weighted by molar-refractivity contribution is 7.71. The topological polar surface area (TPSA) is 67.3 Å². The van der Waals surface area contributed by atoms with Crippen molar-refractivity contribution in [3.8, 4) is 5.75 Å². The summed E-state index contributed by atoms with van der Waals surface area (Å²) in [6.07, 6.45) is 1.44. The van der Waals surface area contributed by atoms with E-state index in [4.69, 9.17) is 5.11 Å². The van der Waals surface area contributed by atoms with Gasteiger partial charge in [-0.1, -0.05) is 0 Å². The second kappa shape index (κ2) is 3.34. The van der Waals surface area contributed by atoms with E-state index in [9.17, 15) is 8.42 Å². The molecule has 0 aliphatic carbocycles. The lowest BCUT2D eigenvalue weighted by Crippen LogP contribution is -1.90. The van der Waals surface area contributed by atoms with Crippen molar-refractivity contribution in [3.05, 3.63) is 24.0 Å². The second-order valence-corrected chi connectivity index (χ2v) is 2.94. The van der Waals surface area contributed by atoms with Gasteiger partial charge in [0.15, 0.2) is 0 Å². The predicted molar refractivity (Wildman–Crippen MR) is 39.9 cm³/mol. The van der Waals surface area contributed by atoms with Crippen LogP contribution in [-0.4, -0.2) is 18.5 Å². The third-order valence-electron chi connectivity index (χ3n) is 1.15. The lowest BCUT2D eigenvalue weighted by atomic mass is 10.3. The predicted octanol–water partition coefficient (Wildman–Crippen LogP) is -0.101. The van der Waals surface area contributed by atoms with E-state index in [-0.39, 0.29) is 17.2 Å². The molecular formula is C6H7NO3S. The van der Waals surface area contributed by atoms with Crippen molar-refractivity contribution >= 4 is 10.7 Å². The van der Waals surface area contributed by atoms with Crippen LogP contribution >= 0.6 is 0 Å². The van der Waals surface area contributed by atoms with Crippen molar-refractivity contribution in [2.75, 3.05) is 0 Å². The molecule has 0 saturated carbocycles. The van der Waals surface area contributed by atoms with Crippen LogP contribution in [0.2, 0.25) is 0 Å². The van der Waals surface area contributed by atoms with Crippen molar-refractivity contribution < 1.29 is 13.5 Å². The SMILES string of the molecule is O=[SH](=O)Cc1ncccc1O. The molecule has 0 fully saturated rings. The van der Waals surface area contributed by atoms with E-state index in [1.807, 2.05) is 0 Å². The first-order valence-corrected chi connectivity index (χ1v) is 4.31. The van der Waals surface area contributed by atoms with Gasteiger partial charge in [0, 0.05) is 6.20 Å². The molecule has 5 heteroatoms. The zero-order valence-electron chi connectivity index (χ0n) is 5.60. The monoisotopic (exact) mass is 173 g/mol. The van der Waals surface area contributed by atoms with Crippen LogP contribution in [0, 0.1) is 0 Å². The van der Waals surface area contributed by atoms with Crippen LogP contribution in [0.25, 0.3) is 0 Å². The van der Waals surface area contributed by atoms with Gasteiger partial charge in [0.1, 0.15) is 16.5 Å². The molecule has 60 valence electrons. The summed E-state index contributed by atoms with van der Waals surface area (Å²) in [4.78, 5) is 3.68. The zero-order chi connectivity index (χ0) is 8.27. The molecule has 0 unspecified atom stereocenters. The van der Waals surface area contributed by atoms with E-state index >= 15 is 0 Å². The Labute approximate surface area is 65.5 Å². The quantitative estimate of drug-likeness (QED) is 0.613. The smallest absolute Gasteiger partial charge is 0.145 e. The standard InChI is InChI=1S/C6H7NO3S/c8-6-2-1-3-7-5(6)4-11(9)10/h1-3,8,11H,4H2. The fourth-order valence-electron chi connectivity index (χ4n) is 0.674. The van der Waals surface area contributed by atoms with E-state index in [1.54, 1.807) is 0 Å². The van der Waals surface area contributed by atoms with Gasteiger partial charge in [0.05, 0.1) is 11.4 Å². The average molecular weight is 173 g/mol. The fourth-order valence-corrected chi connectivity index (χ4v) is 1.16. The Morgan fingerprint density at radius 1 is 1.55 bits per heavy atom. The van der Waals surface area contributed by atoms with E-state index < -0.39 is 10.7 Å². The molecule has 0 atom stereocenters. The first-order chi connectivity index (χ1) is 5.20. The molecule has 1 aromatic rings. The maximum absolute atomic E-state index is 10.2. The maximum atomic E-state index is 10.2. The van der Waals surface area contributed by atoms with Crippen LogP contribution in [0.4, 0.5) is 0 Å². The van der Waals surface area contributed by atoms with Crippen LogP contribution in [0.3, 0.4) is 0 Å². The number of pyridine rings is 1. The van der Waals surface area contributed by atoms with Gasteiger partial charge < -0.3 is 5.11 Å². The van der Waals surface area contributed by atoms with Gasteiger partial charge >= 0.3 is 0 Å². The number of aromatic nitrogens is 1. The van der Waals surface area contributed by atoms with E-state index in [1.165, 1.54) is 18.3 Å². The highest BCUT2D eigenvalue weighted by atomic mass is 32.2. The molecule has 1 aromatic heterocycles. The number of rotatable bonds is 2. The molecule has 0 amide bonds. The van der Waals surface area contributed by atoms with Gasteiger partial charge in [-0.3, -0.25) is 4.98 Å². The Hall–Kier alpha value is -1.10. The van der Waals surface area contributed by atoms with E-state index in [0.29, 0.717) is 0 Å². The molecular weight excluding hydrogens is 166 g/mol. The molecule has 0 aliphatic heterocycles. The van der Waals surface area contributed by atoms with E-state index in [0.717, 1.165) is 0 Å². The van der Waals surface area contributed by atoms with Crippen LogP contribution in [0.15, 0.2) is 18.3 Å². The van der Waals surface area contributed by atoms with Gasteiger partial charge in [0.25, 0.3) is 0 Å². The summed E-state index contributed by atoms with van der Waals surface area (Å²) in [5.74, 6) is -0.283. The highest BCUT2D eigenvalue weighted by Gasteiger charge is 2.00. The third kappa shape index (κ3) is 2.19. The van der Waals surface area contributed by atoms with Crippen molar-refractivity contribution in [2.45, 2.75) is 5.75 Å². The molecule has 4 nitrogen and oxygen atoms in total. The van der Waals surface area contributed by atoms with Crippen LogP contribution in [-0.2, 0) is 16.5 Å². The third-order valence-corrected chi connectivity index (χ3v) is 1.70. The molecule has 0 radical (unpaired) electrons. The largest absolute Gasteiger partial charge is 0.506 e. The van der Waals surface area contributed by atoms with Crippen LogP contribution < -0.4 is 0 Å². The van der Waals surface area contributed by atoms with Crippen molar-refractivity contribution in [1.82, 2.24) is 4.98 Å². The minimum atomic E-state index is -2.52. The Balaban J connectivity index is 2.94. The summed E-state index contributed by atoms with van der Waals surface area (Å²) in [6, 6.07) is 2.94. The van der Waals surface area contributed by atoms with Gasteiger partial charge in [-0.05, 0) is 12.1 Å². The number of nitrogens with zero attached hydrogens (tertiary/aromatic N) is 1. The summed E-state index contributed by atoms with van der Waals surface area (Å²) >= 11 is 0. The summed E-state index contributed by atoms with van der Waals surface area (Å²) < 4.78 is 20.4. The van der Waals surface area contributed by atoms with Crippen molar-refractivity contribution in [1.29, 1.82) is 0 Å². The first kappa shape index (κ1) is 8.00. The fraction of sp³-hybridized carbons (Fsp3) is 0.167. The maximum Gasteiger partial charge on any atom is 0.145 e. The van der Waals surface area contributed by atoms with Gasteiger partial charge in [-0.25, -0.2) is 8.42 Å². The molecule has 1 N–H and O–H groups in total. The Kier molecular flexibility index (Phi) is 2.43.